The van der Waals surface area contributed by atoms with Crippen molar-refractivity contribution in [1.82, 2.24) is 4.90 Å². The second-order valence-electron chi connectivity index (χ2n) is 5.74. The van der Waals surface area contributed by atoms with Crippen molar-refractivity contribution in [3.63, 3.8) is 0 Å². The van der Waals surface area contributed by atoms with E-state index < -0.39 is 11.8 Å². The lowest BCUT2D eigenvalue weighted by molar-refractivity contribution is -0.136. The topological polar surface area (TPSA) is 58.6 Å². The number of ether oxygens (including phenoxy) is 1. The molecule has 0 saturated carbocycles. The largest absolute Gasteiger partial charge is 0.495 e. The van der Waals surface area contributed by atoms with E-state index in [9.17, 15) is 9.59 Å². The second kappa shape index (κ2) is 7.86. The number of methoxy groups -OCH3 is 1. The Balaban J connectivity index is 2.06. The van der Waals surface area contributed by atoms with E-state index in [4.69, 9.17) is 27.9 Å². The highest BCUT2D eigenvalue weighted by atomic mass is 35.5. The molecule has 138 valence electrons. The van der Waals surface area contributed by atoms with Gasteiger partial charge >= 0.3 is 0 Å². The number of carbonyl (C=O) groups is 2. The molecule has 1 aliphatic heterocycles. The van der Waals surface area contributed by atoms with Crippen molar-refractivity contribution in [2.45, 2.75) is 0 Å². The number of anilines is 1. The minimum atomic E-state index is -0.434. The van der Waals surface area contributed by atoms with Crippen LogP contribution in [0.2, 0.25) is 10.0 Å². The summed E-state index contributed by atoms with van der Waals surface area (Å²) >= 11 is 12.1. The second-order valence-corrected chi connectivity index (χ2v) is 6.58. The van der Waals surface area contributed by atoms with E-state index in [0.29, 0.717) is 27.0 Å². The van der Waals surface area contributed by atoms with Gasteiger partial charge in [0.05, 0.1) is 17.7 Å². The van der Waals surface area contributed by atoms with E-state index in [0.717, 1.165) is 4.90 Å². The summed E-state index contributed by atoms with van der Waals surface area (Å²) in [5, 5.41) is 3.95. The van der Waals surface area contributed by atoms with Gasteiger partial charge in [-0.05, 0) is 35.9 Å². The molecule has 0 saturated heterocycles. The van der Waals surface area contributed by atoms with Crippen LogP contribution < -0.4 is 10.1 Å². The lowest BCUT2D eigenvalue weighted by Crippen LogP contribution is -2.32. The summed E-state index contributed by atoms with van der Waals surface area (Å²) < 4.78 is 5.13. The number of benzene rings is 2. The van der Waals surface area contributed by atoms with Crippen LogP contribution in [0, 0.1) is 0 Å². The van der Waals surface area contributed by atoms with Gasteiger partial charge in [-0.1, -0.05) is 41.4 Å². The monoisotopic (exact) mass is 402 g/mol. The van der Waals surface area contributed by atoms with Crippen LogP contribution in [0.4, 0.5) is 5.69 Å². The first-order valence-electron chi connectivity index (χ1n) is 8.04. The van der Waals surface area contributed by atoms with Gasteiger partial charge in [0.15, 0.2) is 0 Å². The van der Waals surface area contributed by atoms with Crippen LogP contribution in [0.1, 0.15) is 5.56 Å². The van der Waals surface area contributed by atoms with Gasteiger partial charge in [-0.2, -0.15) is 0 Å². The molecule has 1 heterocycles. The summed E-state index contributed by atoms with van der Waals surface area (Å²) in [4.78, 5) is 26.8. The van der Waals surface area contributed by atoms with E-state index in [2.05, 4.69) is 11.9 Å². The van der Waals surface area contributed by atoms with Crippen LogP contribution in [0.5, 0.6) is 5.75 Å². The number of carbonyl (C=O) groups excluding carboxylic acids is 2. The van der Waals surface area contributed by atoms with Gasteiger partial charge in [0.1, 0.15) is 11.4 Å². The summed E-state index contributed by atoms with van der Waals surface area (Å²) in [5.41, 5.74) is 1.59. The van der Waals surface area contributed by atoms with Crippen LogP contribution >= 0.6 is 23.2 Å². The van der Waals surface area contributed by atoms with E-state index in [-0.39, 0.29) is 17.8 Å². The predicted octanol–water partition coefficient (Wildman–Crippen LogP) is 4.38. The summed E-state index contributed by atoms with van der Waals surface area (Å²) in [7, 11) is 1.52. The van der Waals surface area contributed by atoms with E-state index >= 15 is 0 Å². The third kappa shape index (κ3) is 3.70. The van der Waals surface area contributed by atoms with Crippen LogP contribution in [0.3, 0.4) is 0 Å². The molecule has 3 rings (SSSR count). The lowest BCUT2D eigenvalue weighted by atomic mass is 10.0. The average molecular weight is 403 g/mol. The molecule has 0 radical (unpaired) electrons. The number of halogens is 2. The molecule has 2 amide bonds. The number of hydrogen-bond donors (Lipinski definition) is 1. The molecule has 2 aromatic rings. The molecule has 1 aliphatic rings. The third-order valence-corrected chi connectivity index (χ3v) is 4.58. The van der Waals surface area contributed by atoms with Gasteiger partial charge in [0.25, 0.3) is 11.8 Å². The van der Waals surface area contributed by atoms with Gasteiger partial charge in [-0.3, -0.25) is 14.5 Å². The Labute approximate surface area is 166 Å². The van der Waals surface area contributed by atoms with Gasteiger partial charge in [0, 0.05) is 17.3 Å². The first-order chi connectivity index (χ1) is 13.0. The molecule has 0 aliphatic carbocycles. The number of imide groups is 1. The predicted molar refractivity (Wildman–Crippen MR) is 107 cm³/mol. The van der Waals surface area contributed by atoms with Crippen molar-refractivity contribution in [3.8, 4) is 5.75 Å². The van der Waals surface area contributed by atoms with Crippen LogP contribution in [-0.2, 0) is 9.59 Å². The van der Waals surface area contributed by atoms with Crippen LogP contribution in [0.25, 0.3) is 5.57 Å². The maximum absolute atomic E-state index is 12.8. The molecule has 0 spiro atoms. The fourth-order valence-electron chi connectivity index (χ4n) is 2.76. The quantitative estimate of drug-likeness (QED) is 0.575. The smallest absolute Gasteiger partial charge is 0.278 e. The lowest BCUT2D eigenvalue weighted by Gasteiger charge is -2.13. The molecule has 2 aromatic carbocycles. The Morgan fingerprint density at radius 2 is 1.81 bits per heavy atom. The number of amides is 2. The minimum Gasteiger partial charge on any atom is -0.495 e. The third-order valence-electron chi connectivity index (χ3n) is 4.03. The summed E-state index contributed by atoms with van der Waals surface area (Å²) in [6.07, 6.45) is 1.50. The summed E-state index contributed by atoms with van der Waals surface area (Å²) in [6, 6.07) is 11.7. The number of rotatable bonds is 6. The number of nitrogens with one attached hydrogen (secondary N) is 1. The van der Waals surface area contributed by atoms with Crippen molar-refractivity contribution in [3.05, 3.63) is 76.4 Å². The SMILES string of the molecule is C=CCN1C(=O)C(Nc2ccc(OC)c(Cl)c2)=C(c2ccc(Cl)cc2)C1=O. The Bertz CT molecular complexity index is 952. The van der Waals surface area contributed by atoms with Crippen molar-refractivity contribution < 1.29 is 14.3 Å². The van der Waals surface area contributed by atoms with Gasteiger partial charge < -0.3 is 10.1 Å². The average Bonchev–Trinajstić information content (AvgIpc) is 2.87. The molecule has 5 nitrogen and oxygen atoms in total. The van der Waals surface area contributed by atoms with E-state index in [1.165, 1.54) is 13.2 Å². The molecule has 0 atom stereocenters. The minimum absolute atomic E-state index is 0.114. The maximum atomic E-state index is 12.8. The van der Waals surface area contributed by atoms with Crippen molar-refractivity contribution in [2.24, 2.45) is 0 Å². The highest BCUT2D eigenvalue weighted by Gasteiger charge is 2.38. The Morgan fingerprint density at radius 1 is 1.11 bits per heavy atom. The Kier molecular flexibility index (Phi) is 5.54. The highest BCUT2D eigenvalue weighted by Crippen LogP contribution is 2.33. The normalized spacial score (nSPS) is 14.0. The molecule has 27 heavy (non-hydrogen) atoms. The van der Waals surface area contributed by atoms with Crippen LogP contribution in [0.15, 0.2) is 60.8 Å². The molecule has 0 aromatic heterocycles. The summed E-state index contributed by atoms with van der Waals surface area (Å²) in [5.74, 6) is -0.322. The molecule has 7 heteroatoms. The molecule has 0 bridgehead atoms. The molecular formula is C20H16Cl2N2O3. The molecule has 0 fully saturated rings. The van der Waals surface area contributed by atoms with Crippen LogP contribution in [-0.4, -0.2) is 30.4 Å². The highest BCUT2D eigenvalue weighted by molar-refractivity contribution is 6.37. The fourth-order valence-corrected chi connectivity index (χ4v) is 3.14. The van der Waals surface area contributed by atoms with E-state index in [1.807, 2.05) is 0 Å². The first-order valence-corrected chi connectivity index (χ1v) is 8.79. The zero-order chi connectivity index (χ0) is 19.6. The zero-order valence-electron chi connectivity index (χ0n) is 14.5. The maximum Gasteiger partial charge on any atom is 0.278 e. The van der Waals surface area contributed by atoms with Crippen molar-refractivity contribution in [2.75, 3.05) is 19.0 Å². The Morgan fingerprint density at radius 3 is 2.41 bits per heavy atom. The molecule has 1 N–H and O–H groups in total. The van der Waals surface area contributed by atoms with Crippen molar-refractivity contribution in [1.29, 1.82) is 0 Å². The standard InChI is InChI=1S/C20H16Cl2N2O3/c1-3-10-24-19(25)17(12-4-6-13(21)7-5-12)18(20(24)26)23-14-8-9-16(27-2)15(22)11-14/h3-9,11,23H,1,10H2,2H3. The number of nitrogens with zero attached hydrogens (tertiary/aromatic N) is 1. The van der Waals surface area contributed by atoms with E-state index in [1.54, 1.807) is 42.5 Å². The fraction of sp³-hybridized carbons (Fsp3) is 0.100. The molecular weight excluding hydrogens is 387 g/mol. The number of hydrogen-bond acceptors (Lipinski definition) is 4. The summed E-state index contributed by atoms with van der Waals surface area (Å²) in [6.45, 7) is 3.72. The van der Waals surface area contributed by atoms with Crippen molar-refractivity contribution >= 4 is 46.3 Å². The van der Waals surface area contributed by atoms with Gasteiger partial charge in [0.2, 0.25) is 0 Å². The van der Waals surface area contributed by atoms with Gasteiger partial charge in [-0.15, -0.1) is 6.58 Å². The Hall–Kier alpha value is -2.76. The zero-order valence-corrected chi connectivity index (χ0v) is 16.0. The first kappa shape index (κ1) is 19.0. The molecule has 0 unspecified atom stereocenters. The van der Waals surface area contributed by atoms with Gasteiger partial charge in [-0.25, -0.2) is 0 Å².